The van der Waals surface area contributed by atoms with E-state index in [2.05, 4.69) is 0 Å². The number of hydrogen-bond acceptors (Lipinski definition) is 5. The molecule has 1 amide bonds. The molecular formula is C24H29N3O3. The molecule has 0 radical (unpaired) electrons. The van der Waals surface area contributed by atoms with Crippen molar-refractivity contribution in [3.63, 3.8) is 0 Å². The number of aliphatic hydroxyl groups excluding tert-OH is 1. The Kier molecular flexibility index (Phi) is 6.57. The van der Waals surface area contributed by atoms with Gasteiger partial charge in [0.05, 0.1) is 11.6 Å². The van der Waals surface area contributed by atoms with Crippen LogP contribution in [0.1, 0.15) is 23.6 Å². The molecule has 3 rings (SSSR count). The van der Waals surface area contributed by atoms with E-state index >= 15 is 0 Å². The summed E-state index contributed by atoms with van der Waals surface area (Å²) in [5.74, 6) is -1.33. The van der Waals surface area contributed by atoms with E-state index in [1.54, 1.807) is 29.2 Å². The van der Waals surface area contributed by atoms with Crippen LogP contribution in [0.15, 0.2) is 60.2 Å². The van der Waals surface area contributed by atoms with Crippen LogP contribution in [0.4, 0.5) is 5.69 Å². The van der Waals surface area contributed by atoms with Crippen molar-refractivity contribution in [2.24, 2.45) is 0 Å². The Morgan fingerprint density at radius 1 is 0.967 bits per heavy atom. The van der Waals surface area contributed by atoms with Crippen LogP contribution in [0.25, 0.3) is 5.76 Å². The van der Waals surface area contributed by atoms with Gasteiger partial charge in [-0.15, -0.1) is 0 Å². The molecule has 0 aliphatic carbocycles. The maximum atomic E-state index is 13.0. The van der Waals surface area contributed by atoms with Gasteiger partial charge in [0.25, 0.3) is 11.7 Å². The van der Waals surface area contributed by atoms with Gasteiger partial charge in [-0.1, -0.05) is 42.5 Å². The second-order valence-corrected chi connectivity index (χ2v) is 8.00. The average molecular weight is 408 g/mol. The van der Waals surface area contributed by atoms with Crippen molar-refractivity contribution in [1.82, 2.24) is 9.80 Å². The van der Waals surface area contributed by atoms with Crippen molar-refractivity contribution in [2.75, 3.05) is 46.2 Å². The van der Waals surface area contributed by atoms with E-state index in [9.17, 15) is 14.7 Å². The topological polar surface area (TPSA) is 64.1 Å². The highest BCUT2D eigenvalue weighted by Crippen LogP contribution is 2.39. The Bertz CT molecular complexity index is 934. The molecule has 1 N–H and O–H groups in total. The molecule has 0 saturated carbocycles. The first-order chi connectivity index (χ1) is 14.3. The summed E-state index contributed by atoms with van der Waals surface area (Å²) in [5, 5.41) is 11.0. The summed E-state index contributed by atoms with van der Waals surface area (Å²) in [6, 6.07) is 16.0. The lowest BCUT2D eigenvalue weighted by molar-refractivity contribution is -0.139. The number of carbonyl (C=O) groups is 2. The van der Waals surface area contributed by atoms with Gasteiger partial charge < -0.3 is 19.8 Å². The molecule has 2 aromatic rings. The molecule has 6 nitrogen and oxygen atoms in total. The number of ketones is 1. The maximum Gasteiger partial charge on any atom is 0.295 e. The zero-order valence-electron chi connectivity index (χ0n) is 18.0. The predicted octanol–water partition coefficient (Wildman–Crippen LogP) is 3.13. The van der Waals surface area contributed by atoms with E-state index < -0.39 is 17.7 Å². The number of aliphatic hydroxyl groups is 1. The van der Waals surface area contributed by atoms with Gasteiger partial charge in [-0.3, -0.25) is 9.59 Å². The lowest BCUT2D eigenvalue weighted by atomic mass is 9.95. The summed E-state index contributed by atoms with van der Waals surface area (Å²) in [7, 11) is 7.86. The third kappa shape index (κ3) is 4.39. The zero-order chi connectivity index (χ0) is 21.8. The minimum atomic E-state index is -0.636. The Hall–Kier alpha value is -3.12. The molecule has 1 atom stereocenters. The van der Waals surface area contributed by atoms with Crippen molar-refractivity contribution in [3.05, 3.63) is 71.3 Å². The zero-order valence-corrected chi connectivity index (χ0v) is 18.0. The lowest BCUT2D eigenvalue weighted by Gasteiger charge is -2.26. The smallest absolute Gasteiger partial charge is 0.295 e. The molecule has 1 aliphatic heterocycles. The van der Waals surface area contributed by atoms with Crippen molar-refractivity contribution in [3.8, 4) is 0 Å². The van der Waals surface area contributed by atoms with Crippen molar-refractivity contribution in [1.29, 1.82) is 0 Å². The minimum Gasteiger partial charge on any atom is -0.507 e. The van der Waals surface area contributed by atoms with Gasteiger partial charge in [-0.25, -0.2) is 0 Å². The quantitative estimate of drug-likeness (QED) is 0.434. The van der Waals surface area contributed by atoms with Crippen LogP contribution >= 0.6 is 0 Å². The molecular weight excluding hydrogens is 378 g/mol. The first kappa shape index (κ1) is 21.6. The molecule has 0 aromatic heterocycles. The number of anilines is 1. The molecule has 30 heavy (non-hydrogen) atoms. The molecule has 158 valence electrons. The SMILES string of the molecule is CN(C)CCCN1C(=O)C(=O)C(=C(O)c2ccccc2)[C@H]1c1ccc(N(C)C)cc1. The Labute approximate surface area is 178 Å². The predicted molar refractivity (Wildman–Crippen MR) is 119 cm³/mol. The summed E-state index contributed by atoms with van der Waals surface area (Å²) >= 11 is 0. The largest absolute Gasteiger partial charge is 0.507 e. The highest BCUT2D eigenvalue weighted by Gasteiger charge is 2.45. The number of benzene rings is 2. The molecule has 6 heteroatoms. The van der Waals surface area contributed by atoms with E-state index in [4.69, 9.17) is 0 Å². The Morgan fingerprint density at radius 3 is 2.17 bits per heavy atom. The molecule has 1 fully saturated rings. The normalized spacial score (nSPS) is 18.3. The molecule has 0 unspecified atom stereocenters. The Balaban J connectivity index is 2.07. The van der Waals surface area contributed by atoms with Crippen LogP contribution in [0.2, 0.25) is 0 Å². The molecule has 1 heterocycles. The van der Waals surface area contributed by atoms with E-state index in [0.29, 0.717) is 12.1 Å². The first-order valence-electron chi connectivity index (χ1n) is 10.1. The number of amides is 1. The van der Waals surface area contributed by atoms with Gasteiger partial charge in [0.2, 0.25) is 0 Å². The van der Waals surface area contributed by atoms with Crippen LogP contribution < -0.4 is 4.90 Å². The maximum absolute atomic E-state index is 13.0. The second-order valence-electron chi connectivity index (χ2n) is 8.00. The third-order valence-corrected chi connectivity index (χ3v) is 5.32. The summed E-state index contributed by atoms with van der Waals surface area (Å²) in [4.78, 5) is 31.5. The number of hydrogen-bond donors (Lipinski definition) is 1. The number of likely N-dealkylation sites (tertiary alicyclic amines) is 1. The fourth-order valence-electron chi connectivity index (χ4n) is 3.72. The van der Waals surface area contributed by atoms with E-state index in [1.807, 2.05) is 68.3 Å². The molecule has 0 spiro atoms. The summed E-state index contributed by atoms with van der Waals surface area (Å²) in [6.45, 7) is 1.24. The van der Waals surface area contributed by atoms with Crippen LogP contribution in [0, 0.1) is 0 Å². The summed E-state index contributed by atoms with van der Waals surface area (Å²) in [5.41, 5.74) is 2.50. The molecule has 1 saturated heterocycles. The van der Waals surface area contributed by atoms with Crippen LogP contribution in [0.3, 0.4) is 0 Å². The second kappa shape index (κ2) is 9.13. The van der Waals surface area contributed by atoms with Gasteiger partial charge in [0.15, 0.2) is 0 Å². The summed E-state index contributed by atoms with van der Waals surface area (Å²) < 4.78 is 0. The number of rotatable bonds is 7. The van der Waals surface area contributed by atoms with Gasteiger partial charge in [-0.05, 0) is 44.8 Å². The van der Waals surface area contributed by atoms with Crippen LogP contribution in [0.5, 0.6) is 0 Å². The fraction of sp³-hybridized carbons (Fsp3) is 0.333. The van der Waals surface area contributed by atoms with E-state index in [0.717, 1.165) is 24.2 Å². The molecule has 0 bridgehead atoms. The van der Waals surface area contributed by atoms with E-state index in [1.165, 1.54) is 0 Å². The van der Waals surface area contributed by atoms with Gasteiger partial charge in [0.1, 0.15) is 5.76 Å². The standard InChI is InChI=1S/C24H29N3O3/c1-25(2)15-8-16-27-21(17-11-13-19(14-12-17)26(3)4)20(23(29)24(27)30)22(28)18-9-6-5-7-10-18/h5-7,9-14,21,28H,8,15-16H2,1-4H3/t21-/m1/s1. The average Bonchev–Trinajstić information content (AvgIpc) is 2.98. The summed E-state index contributed by atoms with van der Waals surface area (Å²) in [6.07, 6.45) is 0.734. The fourth-order valence-corrected chi connectivity index (χ4v) is 3.72. The first-order valence-corrected chi connectivity index (χ1v) is 10.1. The van der Waals surface area contributed by atoms with Gasteiger partial charge in [-0.2, -0.15) is 0 Å². The van der Waals surface area contributed by atoms with Gasteiger partial charge >= 0.3 is 0 Å². The highest BCUT2D eigenvalue weighted by molar-refractivity contribution is 6.46. The van der Waals surface area contributed by atoms with Crippen LogP contribution in [-0.2, 0) is 9.59 Å². The number of nitrogens with zero attached hydrogens (tertiary/aromatic N) is 3. The highest BCUT2D eigenvalue weighted by atomic mass is 16.3. The van der Waals surface area contributed by atoms with E-state index in [-0.39, 0.29) is 11.3 Å². The van der Waals surface area contributed by atoms with Crippen molar-refractivity contribution in [2.45, 2.75) is 12.5 Å². The van der Waals surface area contributed by atoms with Gasteiger partial charge in [0, 0.05) is 31.9 Å². The lowest BCUT2D eigenvalue weighted by Crippen LogP contribution is -2.32. The van der Waals surface area contributed by atoms with Crippen LogP contribution in [-0.4, -0.2) is 67.9 Å². The van der Waals surface area contributed by atoms with Crippen molar-refractivity contribution >= 4 is 23.1 Å². The minimum absolute atomic E-state index is 0.134. The monoisotopic (exact) mass is 407 g/mol. The third-order valence-electron chi connectivity index (χ3n) is 5.32. The number of carbonyl (C=O) groups excluding carboxylic acids is 2. The molecule has 1 aliphatic rings. The number of Topliss-reactive ketones (excluding diaryl/α,β-unsaturated/α-hetero) is 1. The molecule has 2 aromatic carbocycles. The van der Waals surface area contributed by atoms with Crippen molar-refractivity contribution < 1.29 is 14.7 Å². The Morgan fingerprint density at radius 2 is 1.60 bits per heavy atom.